The Hall–Kier alpha value is -3.28. The maximum Gasteiger partial charge on any atom is 0.302 e. The molecule has 2 heterocycles. The van der Waals surface area contributed by atoms with Gasteiger partial charge in [-0.15, -0.1) is 0 Å². The van der Waals surface area contributed by atoms with E-state index in [1.807, 2.05) is 0 Å². The zero-order valence-electron chi connectivity index (χ0n) is 33.5. The number of allylic oxidation sites excluding steroid dienone is 2. The van der Waals surface area contributed by atoms with E-state index in [1.54, 1.807) is 25.0 Å². The second-order valence-electron chi connectivity index (χ2n) is 20.2. The van der Waals surface area contributed by atoms with Gasteiger partial charge < -0.3 is 9.47 Å². The van der Waals surface area contributed by atoms with E-state index < -0.39 is 0 Å². The Morgan fingerprint density at radius 2 is 0.963 bits per heavy atom. The Bertz CT molecular complexity index is 1860. The summed E-state index contributed by atoms with van der Waals surface area (Å²) in [6.07, 6.45) is 20.7. The van der Waals surface area contributed by atoms with Crippen LogP contribution in [-0.2, 0) is 42.7 Å². The van der Waals surface area contributed by atoms with Crippen LogP contribution in [0.25, 0.3) is 11.4 Å². The first-order chi connectivity index (χ1) is 25.8. The summed E-state index contributed by atoms with van der Waals surface area (Å²) in [5, 5.41) is 0. The minimum absolute atomic E-state index is 0.0453. The maximum absolute atomic E-state index is 11.7. The number of carbonyl (C=O) groups excluding carboxylic acids is 2. The lowest BCUT2D eigenvalue weighted by Gasteiger charge is -2.57. The molecule has 0 amide bonds. The number of fused-ring (bicyclic) bond motifs is 14. The Labute approximate surface area is 322 Å². The van der Waals surface area contributed by atoms with Crippen molar-refractivity contribution in [1.82, 2.24) is 9.97 Å². The van der Waals surface area contributed by atoms with Crippen molar-refractivity contribution in [2.45, 2.75) is 154 Å². The van der Waals surface area contributed by atoms with Crippen molar-refractivity contribution in [3.8, 4) is 11.4 Å². The fourth-order valence-corrected chi connectivity index (χ4v) is 15.0. The highest BCUT2D eigenvalue weighted by Gasteiger charge is 2.60. The lowest BCUT2D eigenvalue weighted by atomic mass is 9.48. The summed E-state index contributed by atoms with van der Waals surface area (Å²) in [6, 6.07) is 9.35. The standard InChI is InChI=1S/C48H60N2O4/c1-27(51)53-33-15-19-45(3)31(25-33)9-11-35-37(45)17-21-47(5)39(35)23-29-7-13-41(49-43(29)47)42-14-8-30-24-40-36-12-10-32-26-34(54-28(2)52)16-20-46(32,4)38(36)18-22-48(40,6)44(30)50-42/h7-10,13-14,33-40H,11-12,15-26H2,1-6H3/t33-,34-,35?,36?,37?,38?,39?,40?,45-,46-,47-,48-/m0/s1. The van der Waals surface area contributed by atoms with E-state index in [2.05, 4.69) is 64.1 Å². The number of aromatic nitrogens is 2. The molecule has 6 heteroatoms. The summed E-state index contributed by atoms with van der Waals surface area (Å²) in [6.45, 7) is 13.2. The molecule has 0 aromatic carbocycles. The normalized spacial score (nSPS) is 42.6. The number of rotatable bonds is 3. The van der Waals surface area contributed by atoms with Crippen LogP contribution in [-0.4, -0.2) is 34.1 Å². The average molecular weight is 729 g/mol. The smallest absolute Gasteiger partial charge is 0.302 e. The second-order valence-corrected chi connectivity index (χ2v) is 20.2. The van der Waals surface area contributed by atoms with E-state index in [1.165, 1.54) is 48.2 Å². The summed E-state index contributed by atoms with van der Waals surface area (Å²) in [4.78, 5) is 34.7. The van der Waals surface area contributed by atoms with Gasteiger partial charge in [-0.05, 0) is 147 Å². The van der Waals surface area contributed by atoms with Crippen LogP contribution < -0.4 is 0 Å². The molecule has 54 heavy (non-hydrogen) atoms. The van der Waals surface area contributed by atoms with E-state index in [0.29, 0.717) is 35.5 Å². The molecule has 2 aromatic rings. The molecule has 0 aliphatic heterocycles. The van der Waals surface area contributed by atoms with Crippen molar-refractivity contribution in [1.29, 1.82) is 0 Å². The summed E-state index contributed by atoms with van der Waals surface area (Å²) < 4.78 is 11.4. The first-order valence-electron chi connectivity index (χ1n) is 21.5. The molecule has 0 saturated heterocycles. The quantitative estimate of drug-likeness (QED) is 0.231. The molecule has 2 aromatic heterocycles. The number of carbonyl (C=O) groups is 2. The third-order valence-corrected chi connectivity index (χ3v) is 17.7. The van der Waals surface area contributed by atoms with Crippen molar-refractivity contribution in [3.05, 3.63) is 70.1 Å². The minimum Gasteiger partial charge on any atom is -0.462 e. The van der Waals surface area contributed by atoms with Crippen molar-refractivity contribution >= 4 is 11.9 Å². The van der Waals surface area contributed by atoms with Crippen LogP contribution in [0.15, 0.2) is 47.6 Å². The molecular formula is C48H60N2O4. The summed E-state index contributed by atoms with van der Waals surface area (Å²) in [5.41, 5.74) is 11.4. The molecule has 6 unspecified atom stereocenters. The fourth-order valence-electron chi connectivity index (χ4n) is 15.0. The molecule has 8 aliphatic carbocycles. The molecule has 0 bridgehead atoms. The van der Waals surface area contributed by atoms with Gasteiger partial charge in [0, 0.05) is 37.5 Å². The monoisotopic (exact) mass is 728 g/mol. The minimum atomic E-state index is -0.148. The number of hydrogen-bond donors (Lipinski definition) is 0. The molecule has 4 fully saturated rings. The van der Waals surface area contributed by atoms with E-state index in [-0.39, 0.29) is 45.8 Å². The van der Waals surface area contributed by atoms with E-state index in [9.17, 15) is 9.59 Å². The Kier molecular flexibility index (Phi) is 7.88. The first-order valence-corrected chi connectivity index (χ1v) is 21.5. The van der Waals surface area contributed by atoms with Gasteiger partial charge in [0.1, 0.15) is 12.2 Å². The lowest BCUT2D eigenvalue weighted by Crippen LogP contribution is -2.51. The Morgan fingerprint density at radius 3 is 1.37 bits per heavy atom. The number of pyridine rings is 2. The van der Waals surface area contributed by atoms with Gasteiger partial charge >= 0.3 is 11.9 Å². The van der Waals surface area contributed by atoms with Gasteiger partial charge in [0.15, 0.2) is 0 Å². The zero-order chi connectivity index (χ0) is 37.4. The van der Waals surface area contributed by atoms with Crippen LogP contribution in [0.4, 0.5) is 0 Å². The lowest BCUT2D eigenvalue weighted by molar-refractivity contribution is -0.149. The molecule has 6 nitrogen and oxygen atoms in total. The van der Waals surface area contributed by atoms with Gasteiger partial charge in [0.25, 0.3) is 0 Å². The summed E-state index contributed by atoms with van der Waals surface area (Å²) in [5.74, 6) is 3.65. The average Bonchev–Trinajstić information content (AvgIpc) is 3.61. The molecule has 12 atom stereocenters. The zero-order valence-corrected chi connectivity index (χ0v) is 33.5. The van der Waals surface area contributed by atoms with Crippen molar-refractivity contribution in [2.75, 3.05) is 0 Å². The topological polar surface area (TPSA) is 78.4 Å². The second kappa shape index (κ2) is 12.1. The number of esters is 2. The molecule has 0 spiro atoms. The maximum atomic E-state index is 11.7. The van der Waals surface area contributed by atoms with Crippen LogP contribution in [0.2, 0.25) is 0 Å². The summed E-state index contributed by atoms with van der Waals surface area (Å²) in [7, 11) is 0. The third-order valence-electron chi connectivity index (χ3n) is 17.7. The van der Waals surface area contributed by atoms with Gasteiger partial charge in [0.05, 0.1) is 22.8 Å². The predicted molar refractivity (Wildman–Crippen MR) is 209 cm³/mol. The van der Waals surface area contributed by atoms with Crippen molar-refractivity contribution in [3.63, 3.8) is 0 Å². The molecule has 4 saturated carbocycles. The number of ether oxygens (including phenoxy) is 2. The third kappa shape index (κ3) is 5.02. The Balaban J connectivity index is 0.898. The molecule has 0 radical (unpaired) electrons. The van der Waals surface area contributed by atoms with Gasteiger partial charge in [-0.3, -0.25) is 19.6 Å². The van der Waals surface area contributed by atoms with Gasteiger partial charge in [0.2, 0.25) is 0 Å². The van der Waals surface area contributed by atoms with Crippen LogP contribution in [0.3, 0.4) is 0 Å². The van der Waals surface area contributed by atoms with E-state index in [4.69, 9.17) is 19.4 Å². The van der Waals surface area contributed by atoms with Crippen LogP contribution >= 0.6 is 0 Å². The van der Waals surface area contributed by atoms with Crippen LogP contribution in [0, 0.1) is 46.3 Å². The van der Waals surface area contributed by atoms with Gasteiger partial charge in [-0.2, -0.15) is 0 Å². The molecule has 286 valence electrons. The highest BCUT2D eigenvalue weighted by atomic mass is 16.5. The molecule has 0 N–H and O–H groups in total. The first kappa shape index (κ1) is 35.2. The molecular weight excluding hydrogens is 669 g/mol. The van der Waals surface area contributed by atoms with Gasteiger partial charge in [-0.25, -0.2) is 0 Å². The number of hydrogen-bond acceptors (Lipinski definition) is 6. The molecule has 10 rings (SSSR count). The Morgan fingerprint density at radius 1 is 0.556 bits per heavy atom. The molecule has 8 aliphatic rings. The van der Waals surface area contributed by atoms with Crippen LogP contribution in [0.5, 0.6) is 0 Å². The summed E-state index contributed by atoms with van der Waals surface area (Å²) >= 11 is 0. The van der Waals surface area contributed by atoms with Crippen molar-refractivity contribution < 1.29 is 19.1 Å². The van der Waals surface area contributed by atoms with E-state index in [0.717, 1.165) is 75.6 Å². The highest BCUT2D eigenvalue weighted by Crippen LogP contribution is 2.66. The van der Waals surface area contributed by atoms with Crippen molar-refractivity contribution in [2.24, 2.45) is 46.3 Å². The largest absolute Gasteiger partial charge is 0.462 e. The van der Waals surface area contributed by atoms with E-state index >= 15 is 0 Å². The SMILES string of the molecule is CC(=O)O[C@H]1CC[C@@]2(C)C(=CCC3C2CC[C@]2(C)c4nc(-c5ccc6c(n5)[C@@]5(C)CCC7C(CC=C8C[C@@H](OC(C)=O)CC[C@@]87C)C5C6)ccc4CC32)C1. The number of nitrogens with zero attached hydrogens (tertiary/aromatic N) is 2. The van der Waals surface area contributed by atoms with Crippen LogP contribution in [0.1, 0.15) is 141 Å². The predicted octanol–water partition coefficient (Wildman–Crippen LogP) is 9.96. The highest BCUT2D eigenvalue weighted by molar-refractivity contribution is 5.66. The fraction of sp³-hybridized carbons (Fsp3) is 0.667. The van der Waals surface area contributed by atoms with Gasteiger partial charge in [-0.1, -0.05) is 63.1 Å².